The molecule has 0 saturated heterocycles. The quantitative estimate of drug-likeness (QED) is 0.532. The molecule has 0 spiro atoms. The zero-order valence-electron chi connectivity index (χ0n) is 6.24. The molecule has 4 heteroatoms. The molecule has 0 bridgehead atoms. The third-order valence-electron chi connectivity index (χ3n) is 1.10. The Balaban J connectivity index is 2.45. The first kappa shape index (κ1) is 7.65. The topological polar surface area (TPSA) is 53.8 Å². The van der Waals surface area contributed by atoms with Gasteiger partial charge in [0.2, 0.25) is 11.9 Å². The molecule has 4 nitrogen and oxygen atoms in total. The van der Waals surface area contributed by atoms with Crippen LogP contribution in [0.3, 0.4) is 0 Å². The highest BCUT2D eigenvalue weighted by molar-refractivity contribution is 6.05. The summed E-state index contributed by atoms with van der Waals surface area (Å²) in [4.78, 5) is 18.3. The number of nitrogens with zero attached hydrogens (tertiary/aromatic N) is 2. The van der Waals surface area contributed by atoms with Crippen LogP contribution in [0.25, 0.3) is 0 Å². The number of hydrogen-bond acceptors (Lipinski definition) is 3. The molecule has 1 aliphatic heterocycles. The second kappa shape index (κ2) is 3.65. The van der Waals surface area contributed by atoms with Crippen molar-refractivity contribution in [2.45, 2.75) is 6.92 Å². The summed E-state index contributed by atoms with van der Waals surface area (Å²) in [6, 6.07) is 0. The minimum atomic E-state index is -0.0994. The Morgan fingerprint density at radius 3 is 3.09 bits per heavy atom. The van der Waals surface area contributed by atoms with Gasteiger partial charge >= 0.3 is 0 Å². The van der Waals surface area contributed by atoms with Crippen molar-refractivity contribution < 1.29 is 4.79 Å². The molecular formula is C7H9N3O. The molecule has 11 heavy (non-hydrogen) atoms. The van der Waals surface area contributed by atoms with E-state index in [2.05, 4.69) is 15.3 Å². The Morgan fingerprint density at radius 2 is 2.55 bits per heavy atom. The summed E-state index contributed by atoms with van der Waals surface area (Å²) in [6.45, 7) is 2.09. The first-order chi connectivity index (χ1) is 5.33. The van der Waals surface area contributed by atoms with Crippen LogP contribution in [0.4, 0.5) is 0 Å². The van der Waals surface area contributed by atoms with E-state index < -0.39 is 0 Å². The fourth-order valence-corrected chi connectivity index (χ4v) is 0.623. The molecule has 1 aliphatic rings. The van der Waals surface area contributed by atoms with E-state index in [1.54, 1.807) is 12.3 Å². The van der Waals surface area contributed by atoms with Crippen LogP contribution in [0.2, 0.25) is 0 Å². The number of guanidine groups is 1. The standard InChI is InChI=1S/C7H9N3O/c1-2-3-4-8-7-9-5-6(11)10-7/h2-4H,5H2,1H3,(H,9,10,11)/b3-2-,8-4?. The van der Waals surface area contributed by atoms with Crippen LogP contribution < -0.4 is 5.32 Å². The average molecular weight is 151 g/mol. The largest absolute Gasteiger partial charge is 0.293 e. The van der Waals surface area contributed by atoms with Crippen LogP contribution in [0, 0.1) is 0 Å². The second-order valence-corrected chi connectivity index (χ2v) is 1.99. The van der Waals surface area contributed by atoms with Crippen LogP contribution in [0.5, 0.6) is 0 Å². The van der Waals surface area contributed by atoms with Gasteiger partial charge in [-0.05, 0) is 13.0 Å². The molecule has 1 rings (SSSR count). The predicted molar refractivity (Wildman–Crippen MR) is 43.8 cm³/mol. The van der Waals surface area contributed by atoms with Crippen LogP contribution in [-0.4, -0.2) is 24.6 Å². The van der Waals surface area contributed by atoms with Crippen LogP contribution in [0.1, 0.15) is 6.92 Å². The molecule has 0 atom stereocenters. The van der Waals surface area contributed by atoms with Crippen molar-refractivity contribution in [3.05, 3.63) is 12.2 Å². The molecule has 0 aromatic heterocycles. The summed E-state index contributed by atoms with van der Waals surface area (Å²) in [5.74, 6) is 0.297. The minimum absolute atomic E-state index is 0.0994. The average Bonchev–Trinajstić information content (AvgIpc) is 2.37. The Morgan fingerprint density at radius 1 is 1.73 bits per heavy atom. The number of aliphatic imine (C=N–C) groups is 2. The summed E-state index contributed by atoms with van der Waals surface area (Å²) >= 11 is 0. The minimum Gasteiger partial charge on any atom is -0.293 e. The summed E-state index contributed by atoms with van der Waals surface area (Å²) < 4.78 is 0. The van der Waals surface area contributed by atoms with Crippen molar-refractivity contribution in [2.75, 3.05) is 6.54 Å². The molecule has 1 heterocycles. The van der Waals surface area contributed by atoms with Gasteiger partial charge in [0.15, 0.2) is 0 Å². The number of allylic oxidation sites excluding steroid dienone is 2. The van der Waals surface area contributed by atoms with E-state index in [-0.39, 0.29) is 12.5 Å². The maximum absolute atomic E-state index is 10.6. The van der Waals surface area contributed by atoms with Gasteiger partial charge in [-0.3, -0.25) is 10.1 Å². The smallest absolute Gasteiger partial charge is 0.248 e. The van der Waals surface area contributed by atoms with E-state index in [1.807, 2.05) is 13.0 Å². The molecule has 0 unspecified atom stereocenters. The van der Waals surface area contributed by atoms with E-state index in [4.69, 9.17) is 0 Å². The zero-order valence-corrected chi connectivity index (χ0v) is 6.24. The van der Waals surface area contributed by atoms with Crippen molar-refractivity contribution in [2.24, 2.45) is 9.98 Å². The van der Waals surface area contributed by atoms with Gasteiger partial charge in [0.05, 0.1) is 0 Å². The van der Waals surface area contributed by atoms with Crippen molar-refractivity contribution in [3.8, 4) is 0 Å². The van der Waals surface area contributed by atoms with Crippen LogP contribution in [0.15, 0.2) is 22.1 Å². The van der Waals surface area contributed by atoms with E-state index in [9.17, 15) is 4.79 Å². The molecule has 0 aromatic carbocycles. The third-order valence-corrected chi connectivity index (χ3v) is 1.10. The maximum Gasteiger partial charge on any atom is 0.248 e. The Labute approximate surface area is 64.7 Å². The molecule has 0 aliphatic carbocycles. The fourth-order valence-electron chi connectivity index (χ4n) is 0.623. The van der Waals surface area contributed by atoms with Crippen molar-refractivity contribution in [1.29, 1.82) is 0 Å². The molecular weight excluding hydrogens is 142 g/mol. The van der Waals surface area contributed by atoms with E-state index in [0.717, 1.165) is 0 Å². The maximum atomic E-state index is 10.6. The van der Waals surface area contributed by atoms with Crippen LogP contribution in [-0.2, 0) is 4.79 Å². The number of amides is 1. The first-order valence-corrected chi connectivity index (χ1v) is 3.32. The highest BCUT2D eigenvalue weighted by Gasteiger charge is 2.10. The lowest BCUT2D eigenvalue weighted by molar-refractivity contribution is -0.117. The Hall–Kier alpha value is -1.45. The highest BCUT2D eigenvalue weighted by atomic mass is 16.2. The van der Waals surface area contributed by atoms with Crippen molar-refractivity contribution in [3.63, 3.8) is 0 Å². The van der Waals surface area contributed by atoms with Gasteiger partial charge in [0, 0.05) is 6.21 Å². The van der Waals surface area contributed by atoms with Gasteiger partial charge in [0.1, 0.15) is 6.54 Å². The van der Waals surface area contributed by atoms with Gasteiger partial charge in [-0.15, -0.1) is 0 Å². The van der Waals surface area contributed by atoms with Gasteiger partial charge in [-0.1, -0.05) is 6.08 Å². The fraction of sp³-hybridized carbons (Fsp3) is 0.286. The predicted octanol–water partition coefficient (Wildman–Crippen LogP) is 0.119. The van der Waals surface area contributed by atoms with Crippen molar-refractivity contribution in [1.82, 2.24) is 5.32 Å². The zero-order chi connectivity index (χ0) is 8.10. The third kappa shape index (κ3) is 2.33. The summed E-state index contributed by atoms with van der Waals surface area (Å²) in [5, 5.41) is 2.49. The first-order valence-electron chi connectivity index (χ1n) is 3.32. The number of nitrogens with one attached hydrogen (secondary N) is 1. The second-order valence-electron chi connectivity index (χ2n) is 1.99. The lowest BCUT2D eigenvalue weighted by Gasteiger charge is -1.88. The lowest BCUT2D eigenvalue weighted by atomic mass is 10.6. The van der Waals surface area contributed by atoms with E-state index in [1.165, 1.54) is 0 Å². The van der Waals surface area contributed by atoms with Crippen molar-refractivity contribution >= 4 is 18.1 Å². The summed E-state index contributed by atoms with van der Waals surface area (Å²) in [5.41, 5.74) is 0. The number of carbonyl (C=O) groups excluding carboxylic acids is 1. The normalized spacial score (nSPS) is 17.9. The van der Waals surface area contributed by atoms with Gasteiger partial charge in [-0.25, -0.2) is 9.98 Å². The molecule has 1 N–H and O–H groups in total. The molecule has 0 saturated carbocycles. The number of hydrogen-bond donors (Lipinski definition) is 1. The highest BCUT2D eigenvalue weighted by Crippen LogP contribution is 1.86. The summed E-state index contributed by atoms with van der Waals surface area (Å²) in [6.07, 6.45) is 5.21. The van der Waals surface area contributed by atoms with Gasteiger partial charge in [-0.2, -0.15) is 0 Å². The Bertz CT molecular complexity index is 240. The van der Waals surface area contributed by atoms with Gasteiger partial charge in [0.25, 0.3) is 0 Å². The molecule has 0 fully saturated rings. The summed E-state index contributed by atoms with van der Waals surface area (Å²) in [7, 11) is 0. The molecule has 0 aromatic rings. The van der Waals surface area contributed by atoms with Gasteiger partial charge < -0.3 is 0 Å². The van der Waals surface area contributed by atoms with E-state index in [0.29, 0.717) is 5.96 Å². The van der Waals surface area contributed by atoms with Crippen LogP contribution >= 0.6 is 0 Å². The number of rotatable bonds is 1. The molecule has 58 valence electrons. The Kier molecular flexibility index (Phi) is 2.54. The molecule has 0 radical (unpaired) electrons. The SMILES string of the molecule is C/C=C\C=NC1=NCC(=O)N1. The lowest BCUT2D eigenvalue weighted by Crippen LogP contribution is -2.22. The monoisotopic (exact) mass is 151 g/mol. The molecule has 1 amide bonds. The van der Waals surface area contributed by atoms with E-state index >= 15 is 0 Å². The number of carbonyl (C=O) groups is 1.